The standard InChI is InChI=1S/C17H34N4O2/c1-18-17(19-8-3-11-23-13-12-22-2)20-9-10-21(16-6-7-16)14-15-4-5-15/h15-16H,3-14H2,1-2H3,(H2,18,19,20). The fourth-order valence-corrected chi connectivity index (χ4v) is 2.66. The summed E-state index contributed by atoms with van der Waals surface area (Å²) in [5.41, 5.74) is 0. The summed E-state index contributed by atoms with van der Waals surface area (Å²) in [4.78, 5) is 6.95. The van der Waals surface area contributed by atoms with Crippen LogP contribution in [0.3, 0.4) is 0 Å². The third-order valence-electron chi connectivity index (χ3n) is 4.36. The number of rotatable bonds is 13. The topological polar surface area (TPSA) is 58.1 Å². The van der Waals surface area contributed by atoms with Crippen LogP contribution in [-0.4, -0.2) is 77.1 Å². The van der Waals surface area contributed by atoms with Crippen molar-refractivity contribution in [3.63, 3.8) is 0 Å². The predicted octanol–water partition coefficient (Wildman–Crippen LogP) is 1.08. The zero-order valence-corrected chi connectivity index (χ0v) is 14.9. The summed E-state index contributed by atoms with van der Waals surface area (Å²) >= 11 is 0. The van der Waals surface area contributed by atoms with Crippen LogP contribution in [0.2, 0.25) is 0 Å². The monoisotopic (exact) mass is 326 g/mol. The van der Waals surface area contributed by atoms with E-state index in [1.807, 2.05) is 7.05 Å². The molecular weight excluding hydrogens is 292 g/mol. The van der Waals surface area contributed by atoms with Crippen LogP contribution in [0.4, 0.5) is 0 Å². The van der Waals surface area contributed by atoms with E-state index in [4.69, 9.17) is 9.47 Å². The molecule has 0 heterocycles. The van der Waals surface area contributed by atoms with Gasteiger partial charge in [0.2, 0.25) is 0 Å². The minimum absolute atomic E-state index is 0.662. The lowest BCUT2D eigenvalue weighted by atomic mass is 10.3. The molecular formula is C17H34N4O2. The summed E-state index contributed by atoms with van der Waals surface area (Å²) < 4.78 is 10.4. The van der Waals surface area contributed by atoms with Crippen LogP contribution < -0.4 is 10.6 Å². The Morgan fingerprint density at radius 3 is 2.52 bits per heavy atom. The van der Waals surface area contributed by atoms with Crippen molar-refractivity contribution in [2.75, 3.05) is 60.2 Å². The van der Waals surface area contributed by atoms with Crippen molar-refractivity contribution in [1.82, 2.24) is 15.5 Å². The number of ether oxygens (including phenoxy) is 2. The largest absolute Gasteiger partial charge is 0.382 e. The highest BCUT2D eigenvalue weighted by Crippen LogP contribution is 2.34. The molecule has 0 aliphatic heterocycles. The Hall–Kier alpha value is -0.850. The Morgan fingerprint density at radius 1 is 1.09 bits per heavy atom. The molecule has 2 aliphatic carbocycles. The van der Waals surface area contributed by atoms with Crippen molar-refractivity contribution in [1.29, 1.82) is 0 Å². The van der Waals surface area contributed by atoms with Gasteiger partial charge in [-0.3, -0.25) is 9.89 Å². The van der Waals surface area contributed by atoms with Crippen molar-refractivity contribution in [3.8, 4) is 0 Å². The number of nitrogens with one attached hydrogen (secondary N) is 2. The van der Waals surface area contributed by atoms with Crippen molar-refractivity contribution >= 4 is 5.96 Å². The smallest absolute Gasteiger partial charge is 0.191 e. The Morgan fingerprint density at radius 2 is 1.87 bits per heavy atom. The Kier molecular flexibility index (Phi) is 8.71. The van der Waals surface area contributed by atoms with Gasteiger partial charge in [0, 0.05) is 53.0 Å². The lowest BCUT2D eigenvalue weighted by Crippen LogP contribution is -2.43. The van der Waals surface area contributed by atoms with Crippen molar-refractivity contribution < 1.29 is 9.47 Å². The molecule has 2 aliphatic rings. The van der Waals surface area contributed by atoms with Gasteiger partial charge < -0.3 is 20.1 Å². The number of methoxy groups -OCH3 is 1. The fourth-order valence-electron chi connectivity index (χ4n) is 2.66. The molecule has 0 unspecified atom stereocenters. The molecule has 6 nitrogen and oxygen atoms in total. The van der Waals surface area contributed by atoms with Gasteiger partial charge in [0.1, 0.15) is 0 Å². The van der Waals surface area contributed by atoms with E-state index in [0.717, 1.165) is 50.6 Å². The molecule has 2 N–H and O–H groups in total. The van der Waals surface area contributed by atoms with Crippen LogP contribution in [0.1, 0.15) is 32.1 Å². The van der Waals surface area contributed by atoms with Gasteiger partial charge in [-0.1, -0.05) is 0 Å². The highest BCUT2D eigenvalue weighted by molar-refractivity contribution is 5.79. The van der Waals surface area contributed by atoms with E-state index < -0.39 is 0 Å². The van der Waals surface area contributed by atoms with E-state index in [9.17, 15) is 0 Å². The SMILES string of the molecule is CN=C(NCCCOCCOC)NCCN(CC1CC1)C1CC1. The average Bonchev–Trinajstić information content (AvgIpc) is 3.44. The number of aliphatic imine (C=N–C) groups is 1. The fraction of sp³-hybridized carbons (Fsp3) is 0.941. The molecule has 2 rings (SSSR count). The quantitative estimate of drug-likeness (QED) is 0.301. The van der Waals surface area contributed by atoms with Crippen LogP contribution in [-0.2, 0) is 9.47 Å². The molecule has 0 aromatic rings. The summed E-state index contributed by atoms with van der Waals surface area (Å²) in [6.45, 7) is 6.36. The Balaban J connectivity index is 1.48. The van der Waals surface area contributed by atoms with Crippen molar-refractivity contribution in [2.45, 2.75) is 38.1 Å². The third-order valence-corrected chi connectivity index (χ3v) is 4.36. The summed E-state index contributed by atoms with van der Waals surface area (Å²) in [7, 11) is 3.52. The van der Waals surface area contributed by atoms with Crippen LogP contribution in [0.5, 0.6) is 0 Å². The number of hydrogen-bond acceptors (Lipinski definition) is 4. The third kappa shape index (κ3) is 8.53. The molecule has 0 bridgehead atoms. The minimum atomic E-state index is 0.662. The first-order chi connectivity index (χ1) is 11.3. The predicted molar refractivity (Wildman–Crippen MR) is 94.0 cm³/mol. The van der Waals surface area contributed by atoms with Crippen molar-refractivity contribution in [2.24, 2.45) is 10.9 Å². The molecule has 2 fully saturated rings. The molecule has 0 radical (unpaired) electrons. The van der Waals surface area contributed by atoms with Gasteiger partial charge in [-0.15, -0.1) is 0 Å². The molecule has 23 heavy (non-hydrogen) atoms. The molecule has 6 heteroatoms. The molecule has 0 atom stereocenters. The van der Waals surface area contributed by atoms with Gasteiger partial charge >= 0.3 is 0 Å². The van der Waals surface area contributed by atoms with Gasteiger partial charge in [-0.25, -0.2) is 0 Å². The van der Waals surface area contributed by atoms with E-state index >= 15 is 0 Å². The zero-order valence-electron chi connectivity index (χ0n) is 14.9. The molecule has 2 saturated carbocycles. The summed E-state index contributed by atoms with van der Waals surface area (Å²) in [5, 5.41) is 6.76. The molecule has 0 saturated heterocycles. The first-order valence-corrected chi connectivity index (χ1v) is 9.08. The van der Waals surface area contributed by atoms with Gasteiger partial charge in [0.15, 0.2) is 5.96 Å². The maximum atomic E-state index is 5.45. The number of guanidine groups is 1. The van der Waals surface area contributed by atoms with Gasteiger partial charge in [0.25, 0.3) is 0 Å². The summed E-state index contributed by atoms with van der Waals surface area (Å²) in [6, 6.07) is 0.858. The number of nitrogens with zero attached hydrogens (tertiary/aromatic N) is 2. The summed E-state index contributed by atoms with van der Waals surface area (Å²) in [6.07, 6.45) is 6.63. The Bertz CT molecular complexity index is 343. The first kappa shape index (κ1) is 18.5. The van der Waals surface area contributed by atoms with E-state index in [1.165, 1.54) is 32.2 Å². The highest BCUT2D eigenvalue weighted by Gasteiger charge is 2.33. The second-order valence-electron chi connectivity index (χ2n) is 6.55. The molecule has 0 aromatic carbocycles. The average molecular weight is 326 g/mol. The second-order valence-corrected chi connectivity index (χ2v) is 6.55. The Labute approximate surface area is 141 Å². The number of hydrogen-bond donors (Lipinski definition) is 2. The molecule has 0 spiro atoms. The second kappa shape index (κ2) is 10.8. The lowest BCUT2D eigenvalue weighted by molar-refractivity contribution is 0.0698. The zero-order chi connectivity index (χ0) is 16.3. The maximum absolute atomic E-state index is 5.45. The van der Waals surface area contributed by atoms with Crippen LogP contribution >= 0.6 is 0 Å². The van der Waals surface area contributed by atoms with Crippen LogP contribution in [0.15, 0.2) is 4.99 Å². The van der Waals surface area contributed by atoms with E-state index in [0.29, 0.717) is 13.2 Å². The van der Waals surface area contributed by atoms with Gasteiger partial charge in [-0.05, 0) is 38.0 Å². The van der Waals surface area contributed by atoms with Gasteiger partial charge in [-0.2, -0.15) is 0 Å². The highest BCUT2D eigenvalue weighted by atomic mass is 16.5. The molecule has 0 aromatic heterocycles. The first-order valence-electron chi connectivity index (χ1n) is 9.08. The summed E-state index contributed by atoms with van der Waals surface area (Å²) in [5.74, 6) is 1.87. The minimum Gasteiger partial charge on any atom is -0.382 e. The molecule has 0 amide bonds. The van der Waals surface area contributed by atoms with E-state index in [1.54, 1.807) is 7.11 Å². The van der Waals surface area contributed by atoms with E-state index in [2.05, 4.69) is 20.5 Å². The van der Waals surface area contributed by atoms with Crippen LogP contribution in [0.25, 0.3) is 0 Å². The lowest BCUT2D eigenvalue weighted by Gasteiger charge is -2.22. The normalized spacial score (nSPS) is 18.5. The van der Waals surface area contributed by atoms with E-state index in [-0.39, 0.29) is 0 Å². The van der Waals surface area contributed by atoms with Crippen LogP contribution in [0, 0.1) is 5.92 Å². The molecule has 134 valence electrons. The maximum Gasteiger partial charge on any atom is 0.191 e. The van der Waals surface area contributed by atoms with Gasteiger partial charge in [0.05, 0.1) is 13.2 Å². The van der Waals surface area contributed by atoms with Crippen molar-refractivity contribution in [3.05, 3.63) is 0 Å².